The molecule has 1 aromatic carbocycles. The summed E-state index contributed by atoms with van der Waals surface area (Å²) in [5.41, 5.74) is 7.25. The second-order valence-electron chi connectivity index (χ2n) is 5.73. The van der Waals surface area contributed by atoms with Crippen LogP contribution in [0, 0.1) is 34.0 Å². The van der Waals surface area contributed by atoms with Gasteiger partial charge in [0.05, 0.1) is 0 Å². The van der Waals surface area contributed by atoms with Crippen molar-refractivity contribution >= 4 is 50.6 Å². The Kier molecular flexibility index (Phi) is 3.85. The van der Waals surface area contributed by atoms with Gasteiger partial charge < -0.3 is 16.4 Å². The lowest BCUT2D eigenvalue weighted by molar-refractivity contribution is 1.19. The molecule has 0 amide bonds. The van der Waals surface area contributed by atoms with E-state index in [2.05, 4.69) is 40.5 Å². The van der Waals surface area contributed by atoms with Gasteiger partial charge in [-0.25, -0.2) is 29.9 Å². The van der Waals surface area contributed by atoms with Crippen LogP contribution in [0.1, 0.15) is 17.1 Å². The number of nitrogens with two attached hydrogens (primary N) is 1. The number of nitriles is 3. The summed E-state index contributed by atoms with van der Waals surface area (Å²) in [4.78, 5) is 26.1. The average molecular weight is 382 g/mol. The standard InChI is InChI=1S/C17H10N12/c1-22-16-7(4-19)25-9-10-14(29-17(23-2)8(5-20)26-10)12-11(13(9)28-16)24-6(3-18)15(21)27-12/h1-2H3,(H2,21,27)(H,22,28)(H,23,29). The van der Waals surface area contributed by atoms with E-state index in [-0.39, 0.29) is 67.6 Å². The highest BCUT2D eigenvalue weighted by molar-refractivity contribution is 6.18. The number of hydrogen-bond donors (Lipinski definition) is 3. The Balaban J connectivity index is 2.36. The first-order valence-corrected chi connectivity index (χ1v) is 8.14. The van der Waals surface area contributed by atoms with Crippen molar-refractivity contribution in [3.63, 3.8) is 0 Å². The third-order valence-corrected chi connectivity index (χ3v) is 4.18. The van der Waals surface area contributed by atoms with Crippen LogP contribution in [0.15, 0.2) is 0 Å². The molecule has 0 aliphatic rings. The molecule has 4 N–H and O–H groups in total. The third kappa shape index (κ3) is 2.43. The van der Waals surface area contributed by atoms with Crippen LogP contribution in [0.4, 0.5) is 17.5 Å². The molecule has 0 fully saturated rings. The van der Waals surface area contributed by atoms with Gasteiger partial charge in [0.15, 0.2) is 34.5 Å². The largest absolute Gasteiger partial charge is 0.381 e. The van der Waals surface area contributed by atoms with Crippen LogP contribution in [0.5, 0.6) is 0 Å². The number of rotatable bonds is 2. The molecule has 4 rings (SSSR count). The Bertz CT molecular complexity index is 1470. The van der Waals surface area contributed by atoms with E-state index in [9.17, 15) is 15.8 Å². The van der Waals surface area contributed by atoms with Crippen molar-refractivity contribution in [1.29, 1.82) is 15.8 Å². The SMILES string of the molecule is CNc1nc2c3nc(N)c(C#N)nc3c3nc(NC)c(C#N)nc3c2nc1C#N. The highest BCUT2D eigenvalue weighted by Gasteiger charge is 2.22. The van der Waals surface area contributed by atoms with E-state index in [4.69, 9.17) is 5.73 Å². The molecule has 3 heterocycles. The first-order chi connectivity index (χ1) is 14.1. The van der Waals surface area contributed by atoms with E-state index in [1.807, 2.05) is 18.2 Å². The maximum absolute atomic E-state index is 9.42. The lowest BCUT2D eigenvalue weighted by Gasteiger charge is -2.11. The number of hydrogen-bond acceptors (Lipinski definition) is 12. The van der Waals surface area contributed by atoms with Crippen LogP contribution >= 0.6 is 0 Å². The number of nitrogen functional groups attached to an aromatic ring is 1. The Labute approximate surface area is 162 Å². The first-order valence-electron chi connectivity index (χ1n) is 8.14. The van der Waals surface area contributed by atoms with Crippen molar-refractivity contribution in [3.05, 3.63) is 17.1 Å². The van der Waals surface area contributed by atoms with Crippen LogP contribution in [-0.4, -0.2) is 44.0 Å². The van der Waals surface area contributed by atoms with Crippen molar-refractivity contribution in [3.8, 4) is 18.2 Å². The zero-order valence-corrected chi connectivity index (χ0v) is 15.1. The van der Waals surface area contributed by atoms with Crippen LogP contribution in [0.25, 0.3) is 33.1 Å². The number of nitrogens with one attached hydrogen (secondary N) is 2. The molecular formula is C17H10N12. The van der Waals surface area contributed by atoms with Gasteiger partial charge in [0.1, 0.15) is 51.3 Å². The molecule has 4 aromatic rings. The first kappa shape index (κ1) is 17.5. The molecule has 0 radical (unpaired) electrons. The van der Waals surface area contributed by atoms with E-state index in [1.54, 1.807) is 14.1 Å². The molecule has 0 spiro atoms. The Morgan fingerprint density at radius 1 is 0.586 bits per heavy atom. The van der Waals surface area contributed by atoms with Crippen molar-refractivity contribution in [1.82, 2.24) is 29.9 Å². The van der Waals surface area contributed by atoms with Crippen molar-refractivity contribution in [2.24, 2.45) is 0 Å². The highest BCUT2D eigenvalue weighted by atomic mass is 15.0. The summed E-state index contributed by atoms with van der Waals surface area (Å²) in [6.07, 6.45) is 0. The summed E-state index contributed by atoms with van der Waals surface area (Å²) in [7, 11) is 3.19. The molecule has 0 aliphatic heterocycles. The predicted octanol–water partition coefficient (Wildman–Crippen LogP) is 0.797. The third-order valence-electron chi connectivity index (χ3n) is 4.18. The number of fused-ring (bicyclic) bond motifs is 6. The van der Waals surface area contributed by atoms with Gasteiger partial charge in [-0.1, -0.05) is 0 Å². The number of nitrogens with zero attached hydrogens (tertiary/aromatic N) is 9. The van der Waals surface area contributed by atoms with Gasteiger partial charge in [0.2, 0.25) is 0 Å². The fraction of sp³-hybridized carbons (Fsp3) is 0.118. The Morgan fingerprint density at radius 2 is 0.931 bits per heavy atom. The van der Waals surface area contributed by atoms with Crippen LogP contribution in [0.3, 0.4) is 0 Å². The topological polar surface area (TPSA) is 199 Å². The van der Waals surface area contributed by atoms with E-state index in [0.29, 0.717) is 0 Å². The maximum Gasteiger partial charge on any atom is 0.183 e. The predicted molar refractivity (Wildman–Crippen MR) is 103 cm³/mol. The van der Waals surface area contributed by atoms with Crippen molar-refractivity contribution in [2.75, 3.05) is 30.5 Å². The van der Waals surface area contributed by atoms with Gasteiger partial charge in [0, 0.05) is 14.1 Å². The zero-order chi connectivity index (χ0) is 20.7. The molecule has 0 bridgehead atoms. The van der Waals surface area contributed by atoms with E-state index < -0.39 is 0 Å². The van der Waals surface area contributed by atoms with Gasteiger partial charge in [-0.3, -0.25) is 0 Å². The summed E-state index contributed by atoms with van der Waals surface area (Å²) in [5.74, 6) is 0.372. The van der Waals surface area contributed by atoms with Gasteiger partial charge in [-0.2, -0.15) is 15.8 Å². The molecule has 0 aliphatic carbocycles. The number of aromatic nitrogens is 6. The quantitative estimate of drug-likeness (QED) is 0.412. The minimum absolute atomic E-state index is 0.0301. The van der Waals surface area contributed by atoms with Gasteiger partial charge in [-0.15, -0.1) is 0 Å². The summed E-state index contributed by atoms with van der Waals surface area (Å²) in [6.45, 7) is 0. The minimum Gasteiger partial charge on any atom is -0.381 e. The van der Waals surface area contributed by atoms with Gasteiger partial charge in [-0.05, 0) is 0 Å². The lowest BCUT2D eigenvalue weighted by atomic mass is 10.1. The second kappa shape index (κ2) is 6.37. The van der Waals surface area contributed by atoms with E-state index in [0.717, 1.165) is 0 Å². The molecule has 12 heteroatoms. The number of benzene rings is 1. The van der Waals surface area contributed by atoms with Crippen molar-refractivity contribution < 1.29 is 0 Å². The molecule has 12 nitrogen and oxygen atoms in total. The minimum atomic E-state index is -0.0780. The number of anilines is 3. The lowest BCUT2D eigenvalue weighted by Crippen LogP contribution is -2.07. The molecule has 0 unspecified atom stereocenters. The zero-order valence-electron chi connectivity index (χ0n) is 15.1. The highest BCUT2D eigenvalue weighted by Crippen LogP contribution is 2.32. The molecule has 0 saturated carbocycles. The summed E-state index contributed by atoms with van der Waals surface area (Å²) >= 11 is 0. The van der Waals surface area contributed by atoms with Crippen LogP contribution in [0.2, 0.25) is 0 Å². The smallest absolute Gasteiger partial charge is 0.183 e. The van der Waals surface area contributed by atoms with E-state index >= 15 is 0 Å². The monoisotopic (exact) mass is 382 g/mol. The molecule has 29 heavy (non-hydrogen) atoms. The van der Waals surface area contributed by atoms with E-state index in [1.165, 1.54) is 0 Å². The maximum atomic E-state index is 9.42. The van der Waals surface area contributed by atoms with Crippen molar-refractivity contribution in [2.45, 2.75) is 0 Å². The Hall–Kier alpha value is -4.89. The Morgan fingerprint density at radius 3 is 1.31 bits per heavy atom. The molecule has 0 saturated heterocycles. The normalized spacial score (nSPS) is 10.4. The van der Waals surface area contributed by atoms with Crippen LogP contribution in [-0.2, 0) is 0 Å². The fourth-order valence-electron chi connectivity index (χ4n) is 2.90. The summed E-state index contributed by atoms with van der Waals surface area (Å²) in [6, 6.07) is 5.82. The molecule has 0 atom stereocenters. The molecular weight excluding hydrogens is 372 g/mol. The second-order valence-corrected chi connectivity index (χ2v) is 5.73. The molecule has 3 aromatic heterocycles. The fourth-order valence-corrected chi connectivity index (χ4v) is 2.90. The van der Waals surface area contributed by atoms with Crippen LogP contribution < -0.4 is 16.4 Å². The average Bonchev–Trinajstić information content (AvgIpc) is 2.76. The van der Waals surface area contributed by atoms with Gasteiger partial charge >= 0.3 is 0 Å². The molecule has 138 valence electrons. The summed E-state index contributed by atoms with van der Waals surface area (Å²) < 4.78 is 0. The summed E-state index contributed by atoms with van der Waals surface area (Å²) in [5, 5.41) is 33.7. The van der Waals surface area contributed by atoms with Gasteiger partial charge in [0.25, 0.3) is 0 Å².